The van der Waals surface area contributed by atoms with Crippen LogP contribution in [0.5, 0.6) is 0 Å². The Bertz CT molecular complexity index is 3440. The van der Waals surface area contributed by atoms with Crippen LogP contribution >= 0.6 is 0 Å². The highest BCUT2D eigenvalue weighted by Gasteiger charge is 2.40. The number of benzene rings is 8. The van der Waals surface area contributed by atoms with E-state index in [-0.39, 0.29) is 26.4 Å². The van der Waals surface area contributed by atoms with E-state index >= 15 is 0 Å². The van der Waals surface area contributed by atoms with Gasteiger partial charge in [-0.15, -0.1) is 0 Å². The molecule has 16 heteroatoms. The van der Waals surface area contributed by atoms with Gasteiger partial charge in [0.15, 0.2) is 0 Å². The summed E-state index contributed by atoms with van der Waals surface area (Å²) in [5.41, 5.74) is 29.6. The van der Waals surface area contributed by atoms with Gasteiger partial charge in [0.05, 0.1) is 13.3 Å². The molecule has 0 fully saturated rings. The molecule has 4 aliphatic rings. The monoisotopic (exact) mass is 1050 g/mol. The zero-order chi connectivity index (χ0) is 56.9. The van der Waals surface area contributed by atoms with Crippen molar-refractivity contribution in [1.29, 1.82) is 0 Å². The fraction of sp³-hybridized carbons (Fsp3) is 0.226. The topological polar surface area (TPSA) is 254 Å². The Hall–Kier alpha value is -8.80. The summed E-state index contributed by atoms with van der Waals surface area (Å²) in [7, 11) is 0. The number of rotatable bonds is 8. The van der Waals surface area contributed by atoms with Crippen LogP contribution in [0.3, 0.4) is 0 Å². The van der Waals surface area contributed by atoms with E-state index in [1.54, 1.807) is 84.9 Å². The third kappa shape index (κ3) is 9.17. The zero-order valence-electron chi connectivity index (χ0n) is 45.2. The van der Waals surface area contributed by atoms with Crippen LogP contribution in [0.4, 0.5) is 0 Å². The first-order valence-electron chi connectivity index (χ1n) is 26.4. The van der Waals surface area contributed by atoms with Crippen LogP contribution in [0.15, 0.2) is 121 Å². The first-order chi connectivity index (χ1) is 37.9. The number of hydrogen-bond donors (Lipinski definition) is 4. The summed E-state index contributed by atoms with van der Waals surface area (Å²) in [6.07, 6.45) is 0.479. The molecule has 8 aromatic rings. The van der Waals surface area contributed by atoms with Gasteiger partial charge in [-0.3, -0.25) is 58.0 Å². The van der Waals surface area contributed by atoms with Gasteiger partial charge in [0.2, 0.25) is 0 Å². The van der Waals surface area contributed by atoms with E-state index < -0.39 is 53.9 Å². The Morgan fingerprint density at radius 2 is 0.500 bits per heavy atom. The molecule has 8 N–H and O–H groups in total. The highest BCUT2D eigenvalue weighted by atomic mass is 16.2. The molecule has 16 nitrogen and oxygen atoms in total. The normalized spacial score (nSPS) is 13.8. The van der Waals surface area contributed by atoms with Crippen LogP contribution in [0.25, 0.3) is 43.1 Å². The van der Waals surface area contributed by atoms with Gasteiger partial charge in [-0.1, -0.05) is 128 Å². The Kier molecular flexibility index (Phi) is 17.5. The molecule has 0 saturated heterocycles. The minimum atomic E-state index is -0.564. The van der Waals surface area contributed by atoms with Crippen LogP contribution in [0.2, 0.25) is 0 Å². The third-order valence-corrected chi connectivity index (χ3v) is 13.8. The predicted octanol–water partition coefficient (Wildman–Crippen LogP) is 9.47. The zero-order valence-corrected chi connectivity index (χ0v) is 45.2. The smallest absolute Gasteiger partial charge is 0.262 e. The van der Waals surface area contributed by atoms with Crippen molar-refractivity contribution in [1.82, 2.24) is 19.6 Å². The third-order valence-electron chi connectivity index (χ3n) is 13.8. The Balaban J connectivity index is 0.000000201. The summed E-state index contributed by atoms with van der Waals surface area (Å²) in [4.78, 5) is 109. The molecular weight excluding hydrogens is 985 g/mol. The van der Waals surface area contributed by atoms with Crippen molar-refractivity contribution in [2.24, 2.45) is 22.9 Å². The predicted molar refractivity (Wildman–Crippen MR) is 305 cm³/mol. The number of imide groups is 4. The minimum Gasteiger partial charge on any atom is -0.326 e. The molecule has 8 aromatic carbocycles. The van der Waals surface area contributed by atoms with Gasteiger partial charge in [-0.25, -0.2) is 0 Å². The maximum absolute atomic E-state index is 13.4. The van der Waals surface area contributed by atoms with Crippen LogP contribution in [-0.4, -0.2) is 86.9 Å². The molecule has 12 rings (SSSR count). The first kappa shape index (κ1) is 56.9. The summed E-state index contributed by atoms with van der Waals surface area (Å²) in [6.45, 7) is 15.7. The van der Waals surface area contributed by atoms with Crippen molar-refractivity contribution in [2.45, 2.75) is 74.9 Å². The molecule has 4 aliphatic heterocycles. The van der Waals surface area contributed by atoms with Gasteiger partial charge in [-0.05, 0) is 98.8 Å². The van der Waals surface area contributed by atoms with E-state index in [1.807, 2.05) is 91.8 Å². The number of nitrogens with two attached hydrogens (primary N) is 4. The first-order valence-corrected chi connectivity index (χ1v) is 26.4. The van der Waals surface area contributed by atoms with Crippen LogP contribution in [0, 0.1) is 0 Å². The van der Waals surface area contributed by atoms with Gasteiger partial charge in [-0.2, -0.15) is 0 Å². The maximum atomic E-state index is 13.4. The number of nitrogens with zero attached hydrogens (tertiary/aromatic N) is 4. The molecule has 0 saturated carbocycles. The van der Waals surface area contributed by atoms with E-state index in [1.165, 1.54) is 0 Å². The second kappa shape index (κ2) is 24.0. The molecule has 0 unspecified atom stereocenters. The lowest BCUT2D eigenvalue weighted by Gasteiger charge is -2.34. The summed E-state index contributed by atoms with van der Waals surface area (Å²) in [5, 5.41) is 5.42. The highest BCUT2D eigenvalue weighted by molar-refractivity contribution is 6.29. The van der Waals surface area contributed by atoms with E-state index in [0.717, 1.165) is 63.4 Å². The fourth-order valence-electron chi connectivity index (χ4n) is 10.4. The van der Waals surface area contributed by atoms with Crippen molar-refractivity contribution in [3.8, 4) is 0 Å². The molecule has 0 spiro atoms. The minimum absolute atomic E-state index is 0.186. The largest absolute Gasteiger partial charge is 0.326 e. The average molecular weight is 1050 g/mol. The maximum Gasteiger partial charge on any atom is 0.262 e. The molecule has 400 valence electrons. The van der Waals surface area contributed by atoms with Gasteiger partial charge in [0, 0.05) is 79.1 Å². The van der Waals surface area contributed by atoms with Crippen molar-refractivity contribution in [3.05, 3.63) is 188 Å². The molecule has 0 aliphatic carbocycles. The quantitative estimate of drug-likeness (QED) is 0.104. The van der Waals surface area contributed by atoms with E-state index in [2.05, 4.69) is 0 Å². The van der Waals surface area contributed by atoms with Crippen LogP contribution in [-0.2, 0) is 19.5 Å². The van der Waals surface area contributed by atoms with Gasteiger partial charge < -0.3 is 22.9 Å². The van der Waals surface area contributed by atoms with Gasteiger partial charge >= 0.3 is 0 Å². The Labute approximate surface area is 452 Å². The second-order valence-electron chi connectivity index (χ2n) is 17.2. The molecule has 8 amide bonds. The summed E-state index contributed by atoms with van der Waals surface area (Å²) >= 11 is 0. The second-order valence-corrected chi connectivity index (χ2v) is 17.2. The lowest BCUT2D eigenvalue weighted by molar-refractivity contribution is 0.0416. The van der Waals surface area contributed by atoms with Crippen molar-refractivity contribution >= 4 is 90.3 Å². The van der Waals surface area contributed by atoms with Crippen molar-refractivity contribution in [3.63, 3.8) is 0 Å². The number of carbonyl (C=O) groups excluding carboxylic acids is 8. The molecule has 0 aromatic heterocycles. The summed E-state index contributed by atoms with van der Waals surface area (Å²) in [6, 6.07) is 35.2. The molecule has 0 bridgehead atoms. The lowest BCUT2D eigenvalue weighted by Crippen LogP contribution is -2.52. The number of hydrogen-bond acceptors (Lipinski definition) is 12. The van der Waals surface area contributed by atoms with Crippen molar-refractivity contribution < 1.29 is 38.4 Å². The summed E-state index contributed by atoms with van der Waals surface area (Å²) in [5.74, 6) is -3.88. The molecule has 78 heavy (non-hydrogen) atoms. The average Bonchev–Trinajstić information content (AvgIpc) is 3.52. The Morgan fingerprint density at radius 1 is 0.282 bits per heavy atom. The van der Waals surface area contributed by atoms with E-state index in [0.29, 0.717) is 72.5 Å². The van der Waals surface area contributed by atoms with Gasteiger partial charge in [0.25, 0.3) is 47.3 Å². The van der Waals surface area contributed by atoms with Crippen LogP contribution in [0.1, 0.15) is 161 Å². The highest BCUT2D eigenvalue weighted by Crippen LogP contribution is 2.38. The number of amides is 8. The van der Waals surface area contributed by atoms with Crippen LogP contribution < -0.4 is 22.9 Å². The molecule has 4 heterocycles. The SMILES string of the molecule is CC.CC.CC.CC.NCN1C(=O)c2cccc3c(Cc4ccc5c6c(cccc46)C(=O)N(CN)C5=O)ccc(c23)C1=O.NCc1ccc2c3c(cccc13)C(=O)N(CN1C(=O)c3cccc4c(CN)ccc(c34)C1=O)C2=O. The molecule has 0 radical (unpaired) electrons. The number of carbonyl (C=O) groups is 8. The van der Waals surface area contributed by atoms with Gasteiger partial charge in [0.1, 0.15) is 6.67 Å². The molecule has 0 atom stereocenters. The Morgan fingerprint density at radius 3 is 0.744 bits per heavy atom. The van der Waals surface area contributed by atoms with E-state index in [4.69, 9.17) is 22.9 Å². The van der Waals surface area contributed by atoms with E-state index in [9.17, 15) is 38.4 Å². The standard InChI is InChI=1S/2C27H20N4O4.4C2H6/c28-11-14-7-9-20-22-16(14)3-1-5-18(22)24(32)30(26(20)34)13-31-25(33)19-6-2-4-17-15(12-29)8-10-21(23(17)19)27(31)35;28-12-30-24(32)18-5-1-3-16-14(7-9-20(22(16)18)26(30)34)11-15-8-10-21-23-17(15)4-2-6-19(23)25(33)31(13-29)27(21)35;4*1-2/h2*1-10H,11-13,28-29H2;4*1-2H3. The molecular formula is C62H64N8O8. The summed E-state index contributed by atoms with van der Waals surface area (Å²) < 4.78 is 0. The fourth-order valence-corrected chi connectivity index (χ4v) is 10.4. The van der Waals surface area contributed by atoms with Crippen molar-refractivity contribution in [2.75, 3.05) is 20.0 Å². The lowest BCUT2D eigenvalue weighted by atomic mass is 9.86.